The van der Waals surface area contributed by atoms with Crippen molar-refractivity contribution in [2.45, 2.75) is 34.1 Å². The molecule has 4 heteroatoms. The third-order valence-corrected chi connectivity index (χ3v) is 4.92. The molecule has 3 aliphatic carbocycles. The molecule has 100 valence electrons. The SMILES string of the molecule is CC(C)[C@@]12C[C@@H]1C(C)(C)[C]1[CH][CH][CH][C]12.[Cl][Ti]([Cl])[Cl]. The van der Waals surface area contributed by atoms with Crippen LogP contribution < -0.4 is 0 Å². The van der Waals surface area contributed by atoms with Gasteiger partial charge in [0.05, 0.1) is 0 Å². The van der Waals surface area contributed by atoms with E-state index in [1.165, 1.54) is 6.42 Å². The molecule has 5 radical (unpaired) electrons. The predicted molar refractivity (Wildman–Crippen MR) is 76.1 cm³/mol. The molecule has 0 spiro atoms. The zero-order valence-electron chi connectivity index (χ0n) is 11.2. The number of halogens is 3. The van der Waals surface area contributed by atoms with Crippen LogP contribution in [0.15, 0.2) is 0 Å². The monoisotopic (exact) mass is 340 g/mol. The Morgan fingerprint density at radius 3 is 2.17 bits per heavy atom. The van der Waals surface area contributed by atoms with Crippen LogP contribution in [0.1, 0.15) is 34.1 Å². The standard InChI is InChI=1S/C14H19.3ClH.Ti/c1-9(2)14-8-12(14)13(3,4)10-6-5-7-11(10)14;;;;/h5-7,9,12H,8H2,1-4H3;3*1H;/q;;;;+3/p-3/t12-,14-;;;;/m1..../s1. The fourth-order valence-corrected chi connectivity index (χ4v) is 4.00. The van der Waals surface area contributed by atoms with Gasteiger partial charge in [-0.1, -0.05) is 27.7 Å². The van der Waals surface area contributed by atoms with E-state index in [1.807, 2.05) is 0 Å². The maximum atomic E-state index is 4.97. The van der Waals surface area contributed by atoms with E-state index in [2.05, 4.69) is 47.0 Å². The van der Waals surface area contributed by atoms with Crippen LogP contribution in [0.4, 0.5) is 0 Å². The molecule has 3 fully saturated rings. The van der Waals surface area contributed by atoms with Crippen molar-refractivity contribution in [2.24, 2.45) is 22.7 Å². The second kappa shape index (κ2) is 5.41. The molecule has 0 heterocycles. The first kappa shape index (κ1) is 16.0. The molecule has 0 unspecified atom stereocenters. The fourth-order valence-electron chi connectivity index (χ4n) is 4.00. The van der Waals surface area contributed by atoms with E-state index >= 15 is 0 Å². The Bertz CT molecular complexity index is 313. The number of hydrogen-bond donors (Lipinski definition) is 0. The van der Waals surface area contributed by atoms with Gasteiger partial charge in [-0.2, -0.15) is 0 Å². The molecule has 0 nitrogen and oxygen atoms in total. The van der Waals surface area contributed by atoms with Crippen LogP contribution in [0.3, 0.4) is 0 Å². The van der Waals surface area contributed by atoms with E-state index in [-0.39, 0.29) is 0 Å². The summed E-state index contributed by atoms with van der Waals surface area (Å²) in [6, 6.07) is 0. The molecule has 3 saturated carbocycles. The van der Waals surface area contributed by atoms with E-state index < -0.39 is 14.7 Å². The van der Waals surface area contributed by atoms with Gasteiger partial charge < -0.3 is 0 Å². The zero-order valence-corrected chi connectivity index (χ0v) is 15.1. The molecule has 0 N–H and O–H groups in total. The average Bonchev–Trinajstić information content (AvgIpc) is 2.73. The molecule has 0 bridgehead atoms. The van der Waals surface area contributed by atoms with Gasteiger partial charge in [0.25, 0.3) is 0 Å². The molecule has 0 aromatic heterocycles. The molecule has 3 aliphatic rings. The summed E-state index contributed by atoms with van der Waals surface area (Å²) in [5.41, 5.74) is 0.992. The summed E-state index contributed by atoms with van der Waals surface area (Å²) in [7, 11) is 14.9. The van der Waals surface area contributed by atoms with Crippen LogP contribution in [-0.4, -0.2) is 0 Å². The van der Waals surface area contributed by atoms with Crippen LogP contribution >= 0.6 is 27.9 Å². The van der Waals surface area contributed by atoms with Gasteiger partial charge in [0.1, 0.15) is 0 Å². The molecular weight excluding hydrogens is 322 g/mol. The Morgan fingerprint density at radius 2 is 1.67 bits per heavy atom. The Kier molecular flexibility index (Phi) is 4.80. The third-order valence-electron chi connectivity index (χ3n) is 4.92. The van der Waals surface area contributed by atoms with Crippen LogP contribution in [0.25, 0.3) is 0 Å². The second-order valence-electron chi connectivity index (χ2n) is 6.24. The van der Waals surface area contributed by atoms with Gasteiger partial charge in [0.15, 0.2) is 0 Å². The average molecular weight is 342 g/mol. The Morgan fingerprint density at radius 1 is 1.17 bits per heavy atom. The Labute approximate surface area is 130 Å². The van der Waals surface area contributed by atoms with Crippen molar-refractivity contribution in [2.75, 3.05) is 0 Å². The van der Waals surface area contributed by atoms with E-state index in [9.17, 15) is 0 Å². The second-order valence-corrected chi connectivity index (χ2v) is 14.0. The fraction of sp³-hybridized carbons (Fsp3) is 0.643. The van der Waals surface area contributed by atoms with Crippen molar-refractivity contribution in [3.8, 4) is 0 Å². The zero-order chi connectivity index (χ0) is 13.7. The summed E-state index contributed by atoms with van der Waals surface area (Å²) < 4.78 is 0. The molecule has 0 aromatic rings. The van der Waals surface area contributed by atoms with Gasteiger partial charge in [0.2, 0.25) is 0 Å². The molecule has 0 amide bonds. The molecular formula is C14H19Cl3Ti. The number of rotatable bonds is 1. The minimum absolute atomic E-state index is 0.434. The summed E-state index contributed by atoms with van der Waals surface area (Å²) in [5, 5.41) is 0. The van der Waals surface area contributed by atoms with Crippen LogP contribution in [0.5, 0.6) is 0 Å². The third kappa shape index (κ3) is 2.43. The summed E-state index contributed by atoms with van der Waals surface area (Å²) in [5.74, 6) is 5.02. The summed E-state index contributed by atoms with van der Waals surface area (Å²) in [4.78, 5) is 0. The molecule has 0 saturated heterocycles. The molecule has 3 rings (SSSR count). The molecule has 0 aliphatic heterocycles. The number of hydrogen-bond acceptors (Lipinski definition) is 0. The van der Waals surface area contributed by atoms with Crippen molar-refractivity contribution in [3.63, 3.8) is 0 Å². The molecule has 0 aromatic carbocycles. The summed E-state index contributed by atoms with van der Waals surface area (Å²) in [6.07, 6.45) is 8.37. The predicted octanol–water partition coefficient (Wildman–Crippen LogP) is 5.53. The van der Waals surface area contributed by atoms with E-state index in [1.54, 1.807) is 11.8 Å². The normalized spacial score (nSPS) is 37.0. The van der Waals surface area contributed by atoms with Crippen molar-refractivity contribution in [1.82, 2.24) is 0 Å². The van der Waals surface area contributed by atoms with Gasteiger partial charge >= 0.3 is 42.6 Å². The Balaban J connectivity index is 0.000000267. The van der Waals surface area contributed by atoms with Gasteiger partial charge in [-0.15, -0.1) is 0 Å². The molecule has 2 atom stereocenters. The maximum absolute atomic E-state index is 4.97. The molecule has 18 heavy (non-hydrogen) atoms. The van der Waals surface area contributed by atoms with Crippen LogP contribution in [-0.2, 0) is 14.7 Å². The topological polar surface area (TPSA) is 0 Å². The van der Waals surface area contributed by atoms with Crippen molar-refractivity contribution in [1.29, 1.82) is 0 Å². The minimum atomic E-state index is -1.92. The van der Waals surface area contributed by atoms with Gasteiger partial charge in [-0.3, -0.25) is 0 Å². The quantitative estimate of drug-likeness (QED) is 0.550. The van der Waals surface area contributed by atoms with Gasteiger partial charge in [-0.25, -0.2) is 0 Å². The van der Waals surface area contributed by atoms with Crippen molar-refractivity contribution >= 4 is 27.9 Å². The van der Waals surface area contributed by atoms with E-state index in [0.29, 0.717) is 10.8 Å². The first-order chi connectivity index (χ1) is 8.24. The summed E-state index contributed by atoms with van der Waals surface area (Å²) in [6.45, 7) is 9.62. The van der Waals surface area contributed by atoms with Crippen LogP contribution in [0, 0.1) is 53.8 Å². The first-order valence-electron chi connectivity index (χ1n) is 6.34. The van der Waals surface area contributed by atoms with Crippen molar-refractivity contribution in [3.05, 3.63) is 31.1 Å². The van der Waals surface area contributed by atoms with Gasteiger partial charge in [-0.05, 0) is 60.2 Å². The van der Waals surface area contributed by atoms with E-state index in [0.717, 1.165) is 11.8 Å². The summed E-state index contributed by atoms with van der Waals surface area (Å²) >= 11 is -1.92. The van der Waals surface area contributed by atoms with Crippen molar-refractivity contribution < 1.29 is 14.7 Å². The van der Waals surface area contributed by atoms with Gasteiger partial charge in [0, 0.05) is 0 Å². The Hall–Kier alpha value is 1.58. The van der Waals surface area contributed by atoms with E-state index in [4.69, 9.17) is 27.9 Å². The number of fused-ring (bicyclic) bond motifs is 3. The van der Waals surface area contributed by atoms with Crippen LogP contribution in [0.2, 0.25) is 0 Å². The first-order valence-corrected chi connectivity index (χ1v) is 12.8.